The van der Waals surface area contributed by atoms with E-state index in [-0.39, 0.29) is 11.9 Å². The lowest BCUT2D eigenvalue weighted by Gasteiger charge is -2.20. The van der Waals surface area contributed by atoms with Gasteiger partial charge >= 0.3 is 5.97 Å². The minimum Gasteiger partial charge on any atom is -0.381 e. The Balaban J connectivity index is 1.73. The van der Waals surface area contributed by atoms with Gasteiger partial charge in [-0.3, -0.25) is 4.79 Å². The van der Waals surface area contributed by atoms with E-state index in [1.165, 1.54) is 0 Å². The first-order valence-corrected chi connectivity index (χ1v) is 6.39. The number of carbonyl (C=O) groups is 1. The molecule has 1 N–H and O–H groups in total. The molecule has 0 aliphatic carbocycles. The summed E-state index contributed by atoms with van der Waals surface area (Å²) in [5.74, 6) is -0.258. The van der Waals surface area contributed by atoms with Gasteiger partial charge in [-0.15, -0.1) is 5.48 Å². The summed E-state index contributed by atoms with van der Waals surface area (Å²) in [6, 6.07) is 7.41. The predicted octanol–water partition coefficient (Wildman–Crippen LogP) is 2.31. The molecule has 0 radical (unpaired) electrons. The van der Waals surface area contributed by atoms with Gasteiger partial charge in [0.2, 0.25) is 0 Å². The van der Waals surface area contributed by atoms with Gasteiger partial charge in [-0.1, -0.05) is 23.7 Å². The molecule has 1 aromatic rings. The molecule has 5 heteroatoms. The molecule has 98 valence electrons. The van der Waals surface area contributed by atoms with Crippen LogP contribution in [0.25, 0.3) is 0 Å². The number of hydrogen-bond donors (Lipinski definition) is 1. The molecule has 2 rings (SSSR count). The summed E-state index contributed by atoms with van der Waals surface area (Å²) in [5.41, 5.74) is 3.65. The van der Waals surface area contributed by atoms with Gasteiger partial charge in [0.15, 0.2) is 0 Å². The Kier molecular flexibility index (Phi) is 4.99. The summed E-state index contributed by atoms with van der Waals surface area (Å²) in [7, 11) is 0. The van der Waals surface area contributed by atoms with Crippen LogP contribution in [0.4, 0.5) is 0 Å². The van der Waals surface area contributed by atoms with Gasteiger partial charge in [0.1, 0.15) is 0 Å². The van der Waals surface area contributed by atoms with Crippen molar-refractivity contribution in [2.45, 2.75) is 19.4 Å². The molecule has 0 atom stereocenters. The Bertz CT molecular complexity index is 405. The Morgan fingerprint density at radius 3 is 2.94 bits per heavy atom. The summed E-state index contributed by atoms with van der Waals surface area (Å²) in [4.78, 5) is 16.7. The number of hydroxylamine groups is 1. The van der Waals surface area contributed by atoms with Crippen molar-refractivity contribution in [1.29, 1.82) is 0 Å². The van der Waals surface area contributed by atoms with Crippen molar-refractivity contribution in [3.63, 3.8) is 0 Å². The summed E-state index contributed by atoms with van der Waals surface area (Å²) in [6.45, 7) is 1.72. The maximum atomic E-state index is 11.7. The molecule has 0 saturated carbocycles. The number of hydrogen-bond acceptors (Lipinski definition) is 4. The maximum Gasteiger partial charge on any atom is 0.327 e. The van der Waals surface area contributed by atoms with Crippen molar-refractivity contribution in [2.75, 3.05) is 13.2 Å². The Morgan fingerprint density at radius 1 is 1.44 bits per heavy atom. The van der Waals surface area contributed by atoms with Crippen LogP contribution in [-0.4, -0.2) is 19.2 Å². The molecule has 4 nitrogen and oxygen atoms in total. The average molecular weight is 270 g/mol. The first-order chi connectivity index (χ1) is 8.75. The lowest BCUT2D eigenvalue weighted by Crippen LogP contribution is -2.29. The molecule has 0 bridgehead atoms. The second kappa shape index (κ2) is 6.73. The highest BCUT2D eigenvalue weighted by Crippen LogP contribution is 2.16. The molecule has 0 spiro atoms. The molecule has 1 aliphatic heterocycles. The van der Waals surface area contributed by atoms with Gasteiger partial charge in [0.25, 0.3) is 0 Å². The lowest BCUT2D eigenvalue weighted by molar-refractivity contribution is -0.159. The van der Waals surface area contributed by atoms with Crippen molar-refractivity contribution in [3.8, 4) is 0 Å². The fourth-order valence-corrected chi connectivity index (χ4v) is 2.07. The Morgan fingerprint density at radius 2 is 2.22 bits per heavy atom. The number of ether oxygens (including phenoxy) is 1. The zero-order chi connectivity index (χ0) is 12.8. The summed E-state index contributed by atoms with van der Waals surface area (Å²) in [5, 5.41) is 0.671. The minimum atomic E-state index is -0.208. The molecule has 1 aliphatic rings. The van der Waals surface area contributed by atoms with Gasteiger partial charge in [-0.25, -0.2) is 0 Å². The fourth-order valence-electron chi connectivity index (χ4n) is 1.85. The Labute approximate surface area is 111 Å². The quantitative estimate of drug-likeness (QED) is 0.852. The van der Waals surface area contributed by atoms with Crippen LogP contribution in [0.15, 0.2) is 24.3 Å². The van der Waals surface area contributed by atoms with Crippen LogP contribution >= 0.6 is 11.6 Å². The van der Waals surface area contributed by atoms with Crippen LogP contribution in [0.2, 0.25) is 5.02 Å². The summed E-state index contributed by atoms with van der Waals surface area (Å²) < 4.78 is 5.19. The highest BCUT2D eigenvalue weighted by Gasteiger charge is 2.23. The first-order valence-electron chi connectivity index (χ1n) is 6.01. The van der Waals surface area contributed by atoms with Crippen LogP contribution in [0.5, 0.6) is 0 Å². The average Bonchev–Trinajstić information content (AvgIpc) is 2.40. The van der Waals surface area contributed by atoms with E-state index < -0.39 is 0 Å². The van der Waals surface area contributed by atoms with Crippen LogP contribution in [-0.2, 0) is 20.9 Å². The normalized spacial score (nSPS) is 16.5. The van der Waals surface area contributed by atoms with Crippen molar-refractivity contribution in [1.82, 2.24) is 5.48 Å². The number of halogens is 1. The monoisotopic (exact) mass is 269 g/mol. The molecule has 1 fully saturated rings. The van der Waals surface area contributed by atoms with Crippen LogP contribution in [0.3, 0.4) is 0 Å². The SMILES string of the molecule is O=C(ONCc1cccc(Cl)c1)C1CCOCC1. The smallest absolute Gasteiger partial charge is 0.327 e. The van der Waals surface area contributed by atoms with Gasteiger partial charge < -0.3 is 9.57 Å². The van der Waals surface area contributed by atoms with Crippen LogP contribution in [0.1, 0.15) is 18.4 Å². The number of carbonyl (C=O) groups excluding carboxylic acids is 1. The molecule has 0 aromatic heterocycles. The molecular formula is C13H16ClNO3. The zero-order valence-electron chi connectivity index (χ0n) is 10.0. The number of benzene rings is 1. The zero-order valence-corrected chi connectivity index (χ0v) is 10.8. The summed E-state index contributed by atoms with van der Waals surface area (Å²) >= 11 is 5.86. The highest BCUT2D eigenvalue weighted by atomic mass is 35.5. The van der Waals surface area contributed by atoms with E-state index in [2.05, 4.69) is 5.48 Å². The van der Waals surface area contributed by atoms with E-state index in [1.54, 1.807) is 6.07 Å². The highest BCUT2D eigenvalue weighted by molar-refractivity contribution is 6.30. The molecule has 0 amide bonds. The van der Waals surface area contributed by atoms with Crippen molar-refractivity contribution in [2.24, 2.45) is 5.92 Å². The molecule has 1 saturated heterocycles. The van der Waals surface area contributed by atoms with Crippen molar-refractivity contribution in [3.05, 3.63) is 34.9 Å². The first kappa shape index (κ1) is 13.3. The van der Waals surface area contributed by atoms with E-state index in [0.29, 0.717) is 24.8 Å². The predicted molar refractivity (Wildman–Crippen MR) is 67.9 cm³/mol. The lowest BCUT2D eigenvalue weighted by atomic mass is 10.0. The third kappa shape index (κ3) is 3.98. The van der Waals surface area contributed by atoms with Crippen molar-refractivity contribution < 1.29 is 14.4 Å². The van der Waals surface area contributed by atoms with Gasteiger partial charge in [0.05, 0.1) is 12.5 Å². The van der Waals surface area contributed by atoms with Gasteiger partial charge in [-0.2, -0.15) is 0 Å². The molecule has 1 aromatic carbocycles. The minimum absolute atomic E-state index is 0.0504. The van der Waals surface area contributed by atoms with Gasteiger partial charge in [-0.05, 0) is 30.5 Å². The van der Waals surface area contributed by atoms with E-state index in [9.17, 15) is 4.79 Å². The molecule has 0 unspecified atom stereocenters. The summed E-state index contributed by atoms with van der Waals surface area (Å²) in [6.07, 6.45) is 1.47. The molecule has 18 heavy (non-hydrogen) atoms. The maximum absolute atomic E-state index is 11.7. The van der Waals surface area contributed by atoms with Crippen LogP contribution < -0.4 is 5.48 Å². The number of nitrogens with one attached hydrogen (secondary N) is 1. The topological polar surface area (TPSA) is 47.6 Å². The van der Waals surface area contributed by atoms with E-state index >= 15 is 0 Å². The van der Waals surface area contributed by atoms with E-state index in [4.69, 9.17) is 21.2 Å². The second-order valence-electron chi connectivity index (χ2n) is 4.26. The van der Waals surface area contributed by atoms with Crippen molar-refractivity contribution >= 4 is 17.6 Å². The fraction of sp³-hybridized carbons (Fsp3) is 0.462. The Hall–Kier alpha value is -1.10. The molecular weight excluding hydrogens is 254 g/mol. The molecule has 1 heterocycles. The number of rotatable bonds is 4. The van der Waals surface area contributed by atoms with Gasteiger partial charge in [0, 0.05) is 18.2 Å². The second-order valence-corrected chi connectivity index (χ2v) is 4.70. The third-order valence-electron chi connectivity index (χ3n) is 2.89. The largest absolute Gasteiger partial charge is 0.381 e. The third-order valence-corrected chi connectivity index (χ3v) is 3.13. The van der Waals surface area contributed by atoms with E-state index in [0.717, 1.165) is 18.4 Å². The van der Waals surface area contributed by atoms with Crippen LogP contribution in [0, 0.1) is 5.92 Å². The van der Waals surface area contributed by atoms with E-state index in [1.807, 2.05) is 18.2 Å². The standard InChI is InChI=1S/C13H16ClNO3/c14-12-3-1-2-10(8-12)9-15-18-13(16)11-4-6-17-7-5-11/h1-3,8,11,15H,4-7,9H2.